The van der Waals surface area contributed by atoms with Crippen LogP contribution in [0.4, 0.5) is 0 Å². The predicted octanol–water partition coefficient (Wildman–Crippen LogP) is 2.74. The van der Waals surface area contributed by atoms with Crippen molar-refractivity contribution in [3.8, 4) is 0 Å². The first kappa shape index (κ1) is 9.16. The van der Waals surface area contributed by atoms with Crippen molar-refractivity contribution in [2.45, 2.75) is 18.8 Å². The van der Waals surface area contributed by atoms with Crippen molar-refractivity contribution in [1.82, 2.24) is 4.98 Å². The Hall–Kier alpha value is -0.410. The lowest BCUT2D eigenvalue weighted by Crippen LogP contribution is -2.16. The molecule has 1 aromatic heterocycles. The third-order valence-electron chi connectivity index (χ3n) is 2.32. The maximum Gasteiger partial charge on any atom is 0.106 e. The molecule has 0 spiro atoms. The molecule has 70 valence electrons. The molecular formula is C10H12BrNO. The van der Waals surface area contributed by atoms with E-state index >= 15 is 0 Å². The van der Waals surface area contributed by atoms with Crippen LogP contribution in [0.15, 0.2) is 22.8 Å². The van der Waals surface area contributed by atoms with Crippen molar-refractivity contribution in [2.24, 2.45) is 0 Å². The summed E-state index contributed by atoms with van der Waals surface area (Å²) in [6.07, 6.45) is 2.35. The third-order valence-corrected chi connectivity index (χ3v) is 2.76. The fraction of sp³-hybridized carbons (Fsp3) is 0.500. The van der Waals surface area contributed by atoms with Gasteiger partial charge in [-0.05, 0) is 40.9 Å². The molecule has 2 rings (SSSR count). The monoisotopic (exact) mass is 241 g/mol. The standard InChI is InChI=1S/C10H12BrNO/c11-10-5-1-4-9(12-10)8-3-2-6-13-7-8/h1,4-5,8H,2-3,6-7H2. The molecule has 1 unspecified atom stereocenters. The zero-order valence-electron chi connectivity index (χ0n) is 7.37. The first-order chi connectivity index (χ1) is 6.36. The van der Waals surface area contributed by atoms with Crippen LogP contribution < -0.4 is 0 Å². The summed E-state index contributed by atoms with van der Waals surface area (Å²) < 4.78 is 6.33. The van der Waals surface area contributed by atoms with Crippen LogP contribution in [0.5, 0.6) is 0 Å². The first-order valence-corrected chi connectivity index (χ1v) is 5.36. The lowest BCUT2D eigenvalue weighted by atomic mass is 9.98. The topological polar surface area (TPSA) is 22.1 Å². The summed E-state index contributed by atoms with van der Waals surface area (Å²) >= 11 is 3.38. The van der Waals surface area contributed by atoms with Gasteiger partial charge in [0.25, 0.3) is 0 Å². The molecule has 2 heterocycles. The fourth-order valence-electron chi connectivity index (χ4n) is 1.63. The largest absolute Gasteiger partial charge is 0.381 e. The molecule has 0 aliphatic carbocycles. The van der Waals surface area contributed by atoms with E-state index in [0.717, 1.165) is 29.9 Å². The van der Waals surface area contributed by atoms with Gasteiger partial charge >= 0.3 is 0 Å². The molecule has 1 fully saturated rings. The molecule has 0 saturated carbocycles. The Morgan fingerprint density at radius 2 is 2.38 bits per heavy atom. The molecule has 0 radical (unpaired) electrons. The number of nitrogens with zero attached hydrogens (tertiary/aromatic N) is 1. The van der Waals surface area contributed by atoms with Gasteiger partial charge in [-0.15, -0.1) is 0 Å². The Kier molecular flexibility index (Phi) is 2.96. The number of hydrogen-bond acceptors (Lipinski definition) is 2. The highest BCUT2D eigenvalue weighted by Gasteiger charge is 2.16. The fourth-order valence-corrected chi connectivity index (χ4v) is 1.98. The van der Waals surface area contributed by atoms with Gasteiger partial charge in [0.05, 0.1) is 6.61 Å². The summed E-state index contributed by atoms with van der Waals surface area (Å²) in [5, 5.41) is 0. The Labute approximate surface area is 86.5 Å². The summed E-state index contributed by atoms with van der Waals surface area (Å²) in [6.45, 7) is 1.73. The van der Waals surface area contributed by atoms with Gasteiger partial charge in [0, 0.05) is 18.2 Å². The van der Waals surface area contributed by atoms with E-state index in [4.69, 9.17) is 4.74 Å². The minimum Gasteiger partial charge on any atom is -0.381 e. The normalized spacial score (nSPS) is 23.0. The lowest BCUT2D eigenvalue weighted by molar-refractivity contribution is 0.0793. The van der Waals surface area contributed by atoms with E-state index in [-0.39, 0.29) is 0 Å². The molecule has 1 atom stereocenters. The van der Waals surface area contributed by atoms with Crippen molar-refractivity contribution >= 4 is 15.9 Å². The Bertz CT molecular complexity index is 284. The second-order valence-corrected chi connectivity index (χ2v) is 4.11. The van der Waals surface area contributed by atoms with Crippen LogP contribution in [0, 0.1) is 0 Å². The van der Waals surface area contributed by atoms with Crippen molar-refractivity contribution < 1.29 is 4.74 Å². The zero-order valence-corrected chi connectivity index (χ0v) is 8.96. The summed E-state index contributed by atoms with van der Waals surface area (Å²) in [6, 6.07) is 6.05. The molecule has 0 N–H and O–H groups in total. The van der Waals surface area contributed by atoms with Crippen LogP contribution in [0.3, 0.4) is 0 Å². The van der Waals surface area contributed by atoms with E-state index in [9.17, 15) is 0 Å². The summed E-state index contributed by atoms with van der Waals surface area (Å²) in [5.41, 5.74) is 1.15. The van der Waals surface area contributed by atoms with Crippen LogP contribution in [-0.4, -0.2) is 18.2 Å². The molecule has 1 aliphatic rings. The van der Waals surface area contributed by atoms with Crippen molar-refractivity contribution in [3.63, 3.8) is 0 Å². The lowest BCUT2D eigenvalue weighted by Gasteiger charge is -2.21. The first-order valence-electron chi connectivity index (χ1n) is 4.56. The van der Waals surface area contributed by atoms with E-state index in [1.165, 1.54) is 6.42 Å². The van der Waals surface area contributed by atoms with Gasteiger partial charge in [0.2, 0.25) is 0 Å². The van der Waals surface area contributed by atoms with Gasteiger partial charge in [-0.2, -0.15) is 0 Å². The van der Waals surface area contributed by atoms with E-state index in [1.54, 1.807) is 0 Å². The van der Waals surface area contributed by atoms with Crippen LogP contribution in [0.1, 0.15) is 24.5 Å². The maximum atomic E-state index is 5.42. The minimum atomic E-state index is 0.492. The average molecular weight is 242 g/mol. The number of hydrogen-bond donors (Lipinski definition) is 0. The van der Waals surface area contributed by atoms with E-state index < -0.39 is 0 Å². The number of ether oxygens (including phenoxy) is 1. The van der Waals surface area contributed by atoms with Gasteiger partial charge in [-0.3, -0.25) is 0 Å². The summed E-state index contributed by atoms with van der Waals surface area (Å²) in [4.78, 5) is 4.43. The molecule has 1 aromatic rings. The molecule has 1 saturated heterocycles. The maximum absolute atomic E-state index is 5.42. The molecule has 0 bridgehead atoms. The van der Waals surface area contributed by atoms with Gasteiger partial charge in [-0.25, -0.2) is 4.98 Å². The minimum absolute atomic E-state index is 0.492. The Morgan fingerprint density at radius 1 is 1.46 bits per heavy atom. The van der Waals surface area contributed by atoms with Gasteiger partial charge in [-0.1, -0.05) is 6.07 Å². The van der Waals surface area contributed by atoms with Crippen LogP contribution in [-0.2, 0) is 4.74 Å². The van der Waals surface area contributed by atoms with Crippen molar-refractivity contribution in [1.29, 1.82) is 0 Å². The highest BCUT2D eigenvalue weighted by atomic mass is 79.9. The Morgan fingerprint density at radius 3 is 3.08 bits per heavy atom. The molecule has 2 nitrogen and oxygen atoms in total. The third kappa shape index (κ3) is 2.29. The van der Waals surface area contributed by atoms with Crippen LogP contribution in [0.25, 0.3) is 0 Å². The average Bonchev–Trinajstić information content (AvgIpc) is 2.19. The number of pyridine rings is 1. The quantitative estimate of drug-likeness (QED) is 0.706. The number of rotatable bonds is 1. The summed E-state index contributed by atoms with van der Waals surface area (Å²) in [7, 11) is 0. The van der Waals surface area contributed by atoms with Crippen LogP contribution >= 0.6 is 15.9 Å². The van der Waals surface area contributed by atoms with Gasteiger partial charge in [0.1, 0.15) is 4.60 Å². The highest BCUT2D eigenvalue weighted by molar-refractivity contribution is 9.10. The molecular weight excluding hydrogens is 230 g/mol. The van der Waals surface area contributed by atoms with E-state index in [1.807, 2.05) is 12.1 Å². The molecule has 3 heteroatoms. The SMILES string of the molecule is Brc1cccc(C2CCCOC2)n1. The zero-order chi connectivity index (χ0) is 9.10. The van der Waals surface area contributed by atoms with Crippen molar-refractivity contribution in [3.05, 3.63) is 28.5 Å². The predicted molar refractivity (Wildman–Crippen MR) is 54.7 cm³/mol. The molecule has 0 aromatic carbocycles. The van der Waals surface area contributed by atoms with E-state index in [0.29, 0.717) is 5.92 Å². The summed E-state index contributed by atoms with van der Waals surface area (Å²) in [5.74, 6) is 0.492. The van der Waals surface area contributed by atoms with Crippen molar-refractivity contribution in [2.75, 3.05) is 13.2 Å². The molecule has 13 heavy (non-hydrogen) atoms. The van der Waals surface area contributed by atoms with E-state index in [2.05, 4.69) is 27.0 Å². The van der Waals surface area contributed by atoms with Crippen LogP contribution in [0.2, 0.25) is 0 Å². The van der Waals surface area contributed by atoms with Gasteiger partial charge in [0.15, 0.2) is 0 Å². The second kappa shape index (κ2) is 4.20. The van der Waals surface area contributed by atoms with Gasteiger partial charge < -0.3 is 4.74 Å². The Balaban J connectivity index is 2.14. The second-order valence-electron chi connectivity index (χ2n) is 3.30. The highest BCUT2D eigenvalue weighted by Crippen LogP contribution is 2.24. The number of halogens is 1. The molecule has 0 amide bonds. The molecule has 1 aliphatic heterocycles. The number of aromatic nitrogens is 1. The smallest absolute Gasteiger partial charge is 0.106 e.